The van der Waals surface area contributed by atoms with E-state index in [0.29, 0.717) is 0 Å². The lowest BCUT2D eigenvalue weighted by molar-refractivity contribution is 0.481. The topological polar surface area (TPSA) is 35.6 Å². The van der Waals surface area contributed by atoms with Crippen molar-refractivity contribution in [2.75, 3.05) is 11.5 Å². The fraction of sp³-hybridized carbons (Fsp3) is 0.714. The van der Waals surface area contributed by atoms with Gasteiger partial charge in [0.25, 0.3) is 0 Å². The number of hydrogen-bond acceptors (Lipinski definition) is 3. The van der Waals surface area contributed by atoms with E-state index in [1.807, 2.05) is 30.4 Å². The first-order valence-electron chi connectivity index (χ1n) is 7.25. The second-order valence-electron chi connectivity index (χ2n) is 5.52. The van der Waals surface area contributed by atoms with Crippen LogP contribution in [0.15, 0.2) is 0 Å². The highest BCUT2D eigenvalue weighted by Crippen LogP contribution is 2.31. The van der Waals surface area contributed by atoms with Crippen molar-refractivity contribution in [1.29, 1.82) is 0 Å². The molecular formula is C14H21ClN4S. The summed E-state index contributed by atoms with van der Waals surface area (Å²) in [5, 5.41) is 4.52. The SMILES string of the molecule is CCc1nn(C)c2c1nc(C(C)Cl)n2CC1CCSC1. The molecule has 3 heterocycles. The first-order valence-corrected chi connectivity index (χ1v) is 8.84. The van der Waals surface area contributed by atoms with Gasteiger partial charge in [-0.15, -0.1) is 11.6 Å². The molecule has 110 valence electrons. The molecular weight excluding hydrogens is 292 g/mol. The van der Waals surface area contributed by atoms with Crippen LogP contribution >= 0.6 is 23.4 Å². The second kappa shape index (κ2) is 5.60. The van der Waals surface area contributed by atoms with Crippen LogP contribution in [0.1, 0.15) is 37.2 Å². The van der Waals surface area contributed by atoms with Crippen LogP contribution in [0.4, 0.5) is 0 Å². The van der Waals surface area contributed by atoms with Crippen molar-refractivity contribution >= 4 is 34.5 Å². The largest absolute Gasteiger partial charge is 0.311 e. The second-order valence-corrected chi connectivity index (χ2v) is 7.33. The Morgan fingerprint density at radius 3 is 2.90 bits per heavy atom. The number of aryl methyl sites for hydroxylation is 2. The molecule has 2 aromatic rings. The van der Waals surface area contributed by atoms with Crippen LogP contribution < -0.4 is 0 Å². The number of aromatic nitrogens is 4. The van der Waals surface area contributed by atoms with Crippen LogP contribution in [0, 0.1) is 5.92 Å². The van der Waals surface area contributed by atoms with Crippen molar-refractivity contribution in [3.63, 3.8) is 0 Å². The highest BCUT2D eigenvalue weighted by atomic mass is 35.5. The molecule has 0 N–H and O–H groups in total. The van der Waals surface area contributed by atoms with Crippen LogP contribution in [-0.4, -0.2) is 30.8 Å². The Balaban J connectivity index is 2.10. The number of halogens is 1. The van der Waals surface area contributed by atoms with Gasteiger partial charge in [0, 0.05) is 13.6 Å². The Bertz CT molecular complexity index is 610. The molecule has 1 aliphatic heterocycles. The Hall–Kier alpha value is -0.680. The lowest BCUT2D eigenvalue weighted by atomic mass is 10.1. The lowest BCUT2D eigenvalue weighted by Crippen LogP contribution is -2.15. The minimum atomic E-state index is -0.0684. The number of nitrogens with zero attached hydrogens (tertiary/aromatic N) is 4. The third-order valence-electron chi connectivity index (χ3n) is 3.98. The summed E-state index contributed by atoms with van der Waals surface area (Å²) in [6.07, 6.45) is 2.20. The molecule has 0 amide bonds. The summed E-state index contributed by atoms with van der Waals surface area (Å²) < 4.78 is 4.27. The van der Waals surface area contributed by atoms with Gasteiger partial charge in [0.15, 0.2) is 5.65 Å². The molecule has 0 aliphatic carbocycles. The van der Waals surface area contributed by atoms with E-state index in [9.17, 15) is 0 Å². The maximum Gasteiger partial charge on any atom is 0.158 e. The van der Waals surface area contributed by atoms with Gasteiger partial charge in [0.2, 0.25) is 0 Å². The molecule has 0 spiro atoms. The minimum Gasteiger partial charge on any atom is -0.311 e. The quantitative estimate of drug-likeness (QED) is 0.812. The summed E-state index contributed by atoms with van der Waals surface area (Å²) in [6, 6.07) is 0. The summed E-state index contributed by atoms with van der Waals surface area (Å²) in [4.78, 5) is 4.79. The molecule has 1 aliphatic rings. The Morgan fingerprint density at radius 2 is 2.30 bits per heavy atom. The third kappa shape index (κ3) is 2.35. The predicted molar refractivity (Wildman–Crippen MR) is 85.6 cm³/mol. The fourth-order valence-corrected chi connectivity index (χ4v) is 4.40. The van der Waals surface area contributed by atoms with E-state index < -0.39 is 0 Å². The van der Waals surface area contributed by atoms with E-state index in [2.05, 4.69) is 16.6 Å². The molecule has 6 heteroatoms. The van der Waals surface area contributed by atoms with E-state index in [1.54, 1.807) is 0 Å². The molecule has 0 bridgehead atoms. The first kappa shape index (κ1) is 14.3. The molecule has 1 saturated heterocycles. The third-order valence-corrected chi connectivity index (χ3v) is 5.40. The molecule has 2 unspecified atom stereocenters. The molecule has 0 aromatic carbocycles. The monoisotopic (exact) mass is 312 g/mol. The van der Waals surface area contributed by atoms with E-state index in [1.165, 1.54) is 17.9 Å². The zero-order valence-electron chi connectivity index (χ0n) is 12.3. The average Bonchev–Trinajstić information content (AvgIpc) is 3.08. The molecule has 0 saturated carbocycles. The van der Waals surface area contributed by atoms with Gasteiger partial charge in [0.1, 0.15) is 11.3 Å². The standard InChI is InChI=1S/C14H21ClN4S/c1-4-11-12-14(18(3)17-11)19(13(16-12)9(2)15)7-10-5-6-20-8-10/h9-10H,4-8H2,1-3H3. The fourth-order valence-electron chi connectivity index (χ4n) is 2.97. The molecule has 0 radical (unpaired) electrons. The summed E-state index contributed by atoms with van der Waals surface area (Å²) in [7, 11) is 2.01. The van der Waals surface area contributed by atoms with Crippen LogP contribution in [0.3, 0.4) is 0 Å². The van der Waals surface area contributed by atoms with E-state index in [0.717, 1.165) is 41.6 Å². The lowest BCUT2D eigenvalue weighted by Gasteiger charge is -2.14. The number of imidazole rings is 1. The van der Waals surface area contributed by atoms with E-state index >= 15 is 0 Å². The van der Waals surface area contributed by atoms with Crippen LogP contribution in [-0.2, 0) is 20.0 Å². The summed E-state index contributed by atoms with van der Waals surface area (Å²) >= 11 is 8.40. The van der Waals surface area contributed by atoms with E-state index in [4.69, 9.17) is 16.6 Å². The summed E-state index contributed by atoms with van der Waals surface area (Å²) in [5.41, 5.74) is 3.23. The van der Waals surface area contributed by atoms with Gasteiger partial charge in [-0.25, -0.2) is 4.98 Å². The number of hydrogen-bond donors (Lipinski definition) is 0. The Morgan fingerprint density at radius 1 is 1.50 bits per heavy atom. The normalized spacial score (nSPS) is 20.9. The van der Waals surface area contributed by atoms with Crippen molar-refractivity contribution in [2.45, 2.75) is 38.6 Å². The van der Waals surface area contributed by atoms with Gasteiger partial charge in [-0.3, -0.25) is 4.68 Å². The highest BCUT2D eigenvalue weighted by Gasteiger charge is 2.24. The van der Waals surface area contributed by atoms with Crippen LogP contribution in [0.5, 0.6) is 0 Å². The van der Waals surface area contributed by atoms with Crippen molar-refractivity contribution in [3.8, 4) is 0 Å². The van der Waals surface area contributed by atoms with E-state index in [-0.39, 0.29) is 5.38 Å². The number of alkyl halides is 1. The molecule has 4 nitrogen and oxygen atoms in total. The van der Waals surface area contributed by atoms with Crippen LogP contribution in [0.25, 0.3) is 11.2 Å². The number of fused-ring (bicyclic) bond motifs is 1. The Labute approximate surface area is 128 Å². The summed E-state index contributed by atoms with van der Waals surface area (Å²) in [6.45, 7) is 5.14. The first-order chi connectivity index (χ1) is 9.61. The van der Waals surface area contributed by atoms with Gasteiger partial charge in [-0.1, -0.05) is 6.92 Å². The maximum atomic E-state index is 6.35. The average molecular weight is 313 g/mol. The van der Waals surface area contributed by atoms with Crippen molar-refractivity contribution in [1.82, 2.24) is 19.3 Å². The van der Waals surface area contributed by atoms with Gasteiger partial charge in [-0.2, -0.15) is 16.9 Å². The maximum absolute atomic E-state index is 6.35. The van der Waals surface area contributed by atoms with Gasteiger partial charge < -0.3 is 4.57 Å². The summed E-state index contributed by atoms with van der Waals surface area (Å²) in [5.74, 6) is 4.24. The Kier molecular flexibility index (Phi) is 4.00. The number of rotatable bonds is 4. The number of thioether (sulfide) groups is 1. The van der Waals surface area contributed by atoms with Crippen molar-refractivity contribution < 1.29 is 0 Å². The van der Waals surface area contributed by atoms with Gasteiger partial charge in [-0.05, 0) is 37.2 Å². The van der Waals surface area contributed by atoms with Crippen molar-refractivity contribution in [3.05, 3.63) is 11.5 Å². The van der Waals surface area contributed by atoms with Gasteiger partial charge in [0.05, 0.1) is 11.1 Å². The van der Waals surface area contributed by atoms with Crippen LogP contribution in [0.2, 0.25) is 0 Å². The molecule has 1 fully saturated rings. The molecule has 2 atom stereocenters. The molecule has 3 rings (SSSR count). The van der Waals surface area contributed by atoms with Crippen molar-refractivity contribution in [2.24, 2.45) is 13.0 Å². The zero-order chi connectivity index (χ0) is 14.3. The molecule has 20 heavy (non-hydrogen) atoms. The minimum absolute atomic E-state index is 0.0684. The van der Waals surface area contributed by atoms with Gasteiger partial charge >= 0.3 is 0 Å². The predicted octanol–water partition coefficient (Wildman–Crippen LogP) is 3.39. The molecule has 2 aromatic heterocycles. The highest BCUT2D eigenvalue weighted by molar-refractivity contribution is 7.99. The smallest absolute Gasteiger partial charge is 0.158 e. The zero-order valence-corrected chi connectivity index (χ0v) is 13.8.